The first-order valence-corrected chi connectivity index (χ1v) is 10.6. The lowest BCUT2D eigenvalue weighted by molar-refractivity contribution is 1.19. The number of rotatable bonds is 2. The van der Waals surface area contributed by atoms with Crippen LogP contribution in [-0.4, -0.2) is 54.9 Å². The number of hydrogen-bond donors (Lipinski definition) is 0. The van der Waals surface area contributed by atoms with Gasteiger partial charge in [-0.05, 0) is 68.5 Å². The van der Waals surface area contributed by atoms with E-state index >= 15 is 0 Å². The summed E-state index contributed by atoms with van der Waals surface area (Å²) in [5.74, 6) is -0.556. The number of aryl methyl sites for hydroxylation is 1. The smallest absolute Gasteiger partial charge is 0.113 e. The van der Waals surface area contributed by atoms with Gasteiger partial charge in [-0.25, -0.2) is 0 Å². The summed E-state index contributed by atoms with van der Waals surface area (Å²) in [6.45, 7) is 1.93. The van der Waals surface area contributed by atoms with E-state index in [4.69, 9.17) is 54.9 Å². The highest BCUT2D eigenvalue weighted by molar-refractivity contribution is 6.67. The van der Waals surface area contributed by atoms with Crippen LogP contribution in [0.3, 0.4) is 0 Å². The Balaban J connectivity index is 1.98. The first-order chi connectivity index (χ1) is 15.7. The van der Waals surface area contributed by atoms with Gasteiger partial charge in [-0.15, -0.1) is 16.4 Å². The van der Waals surface area contributed by atoms with Crippen molar-refractivity contribution in [3.8, 4) is 22.3 Å². The molecule has 138 valence electrons. The number of fused-ring (bicyclic) bond motifs is 2. The number of benzene rings is 4. The van der Waals surface area contributed by atoms with Crippen LogP contribution in [0.2, 0.25) is 0 Å². The van der Waals surface area contributed by atoms with Crippen molar-refractivity contribution in [1.29, 1.82) is 0 Å². The van der Waals surface area contributed by atoms with Crippen molar-refractivity contribution in [2.45, 2.75) is 12.7 Å². The van der Waals surface area contributed by atoms with Gasteiger partial charge in [0.25, 0.3) is 0 Å². The lowest BCUT2D eigenvalue weighted by Gasteiger charge is -2.26. The summed E-state index contributed by atoms with van der Waals surface area (Å²) in [4.78, 5) is 0. The van der Waals surface area contributed by atoms with Crippen LogP contribution in [0.1, 0.15) is 22.5 Å². The molecule has 0 spiro atoms. The summed E-state index contributed by atoms with van der Waals surface area (Å²) < 4.78 is 0. The molecular weight excluding hydrogens is 388 g/mol. The van der Waals surface area contributed by atoms with Gasteiger partial charge >= 0.3 is 0 Å². The molecule has 0 aromatic heterocycles. The van der Waals surface area contributed by atoms with Crippen molar-refractivity contribution in [3.05, 3.63) is 76.8 Å². The van der Waals surface area contributed by atoms with Crippen LogP contribution >= 0.6 is 0 Å². The molecule has 14 radical (unpaired) electrons. The first-order valence-electron chi connectivity index (χ1n) is 10.6. The SMILES string of the molecule is [B]C1=C([B])C([B])c2c1c(-c1cccc(-c3ccccc3)c1)c1c([B])c([B])c([B])c([B])c1c2C. The van der Waals surface area contributed by atoms with Gasteiger partial charge in [0.05, 0.1) is 7.85 Å². The summed E-state index contributed by atoms with van der Waals surface area (Å²) in [5, 5.41) is 1.42. The molecule has 0 heterocycles. The molecule has 4 aromatic carbocycles. The Morgan fingerprint density at radius 2 is 1.18 bits per heavy atom. The fraction of sp³-hybridized carbons (Fsp3) is 0.0769. The van der Waals surface area contributed by atoms with E-state index in [9.17, 15) is 0 Å². The number of hydrogen-bond acceptors (Lipinski definition) is 0. The third-order valence-electron chi connectivity index (χ3n) is 6.69. The average Bonchev–Trinajstić information content (AvgIpc) is 3.06. The van der Waals surface area contributed by atoms with Crippen molar-refractivity contribution in [1.82, 2.24) is 0 Å². The molecule has 0 aliphatic heterocycles. The van der Waals surface area contributed by atoms with E-state index in [0.29, 0.717) is 27.3 Å². The molecule has 0 fully saturated rings. The van der Waals surface area contributed by atoms with E-state index in [1.807, 2.05) is 37.3 Å². The molecule has 0 nitrogen and oxygen atoms in total. The van der Waals surface area contributed by atoms with E-state index < -0.39 is 5.82 Å². The molecule has 0 saturated carbocycles. The standard InChI is InChI=1S/C26H13B7/c1-11-15-18(22(29)24(31)20(15)27)17(19-16(11)21(28)25(32)26(33)23(19)30)14-9-5-8-13(10-14)12-6-3-2-4-7-12/h2-10,20H,1H3. The predicted octanol–water partition coefficient (Wildman–Crippen LogP) is 0.886. The Kier molecular flexibility index (Phi) is 5.35. The van der Waals surface area contributed by atoms with Crippen LogP contribution in [0.25, 0.3) is 38.5 Å². The van der Waals surface area contributed by atoms with E-state index in [1.165, 1.54) is 0 Å². The molecule has 1 atom stereocenters. The quantitative estimate of drug-likeness (QED) is 0.438. The van der Waals surface area contributed by atoms with E-state index in [0.717, 1.165) is 44.3 Å². The molecular formula is C26H13B7. The summed E-state index contributed by atoms with van der Waals surface area (Å²) >= 11 is 0. The topological polar surface area (TPSA) is 0 Å². The molecule has 7 heteroatoms. The molecule has 0 bridgehead atoms. The summed E-state index contributed by atoms with van der Waals surface area (Å²) in [7, 11) is 44.9. The van der Waals surface area contributed by atoms with Crippen LogP contribution in [0, 0.1) is 6.92 Å². The zero-order chi connectivity index (χ0) is 23.6. The molecule has 0 N–H and O–H groups in total. The highest BCUT2D eigenvalue weighted by Gasteiger charge is 2.30. The Labute approximate surface area is 204 Å². The lowest BCUT2D eigenvalue weighted by Crippen LogP contribution is -2.48. The zero-order valence-corrected chi connectivity index (χ0v) is 18.3. The van der Waals surface area contributed by atoms with E-state index in [2.05, 4.69) is 24.3 Å². The van der Waals surface area contributed by atoms with Gasteiger partial charge in [0.15, 0.2) is 0 Å². The number of allylic oxidation sites excluding steroid dienone is 1. The minimum atomic E-state index is -0.556. The maximum Gasteiger partial charge on any atom is 0.113 e. The Morgan fingerprint density at radius 3 is 1.85 bits per heavy atom. The third-order valence-corrected chi connectivity index (χ3v) is 6.69. The highest BCUT2D eigenvalue weighted by atomic mass is 14.3. The highest BCUT2D eigenvalue weighted by Crippen LogP contribution is 2.47. The maximum absolute atomic E-state index is 6.57. The Bertz CT molecular complexity index is 1490. The molecule has 1 unspecified atom stereocenters. The second-order valence-corrected chi connectivity index (χ2v) is 8.49. The third kappa shape index (κ3) is 3.16. The molecule has 5 rings (SSSR count). The van der Waals surface area contributed by atoms with Crippen LogP contribution < -0.4 is 21.9 Å². The van der Waals surface area contributed by atoms with Crippen molar-refractivity contribution >= 4 is 93.0 Å². The van der Waals surface area contributed by atoms with Gasteiger partial charge in [0.1, 0.15) is 47.1 Å². The van der Waals surface area contributed by atoms with Gasteiger partial charge in [0.2, 0.25) is 0 Å². The van der Waals surface area contributed by atoms with Crippen molar-refractivity contribution in [2.24, 2.45) is 0 Å². The lowest BCUT2D eigenvalue weighted by atomic mass is 9.62. The maximum atomic E-state index is 6.57. The normalized spacial score (nSPS) is 15.2. The van der Waals surface area contributed by atoms with Gasteiger partial charge in [0, 0.05) is 0 Å². The Hall–Kier alpha value is -2.67. The average molecular weight is 401 g/mol. The van der Waals surface area contributed by atoms with E-state index in [1.54, 1.807) is 0 Å². The second-order valence-electron chi connectivity index (χ2n) is 8.49. The van der Waals surface area contributed by atoms with Crippen molar-refractivity contribution < 1.29 is 0 Å². The minimum absolute atomic E-state index is 0.248. The van der Waals surface area contributed by atoms with Crippen molar-refractivity contribution in [3.63, 3.8) is 0 Å². The minimum Gasteiger partial charge on any atom is -0.125 e. The molecule has 1 aliphatic rings. The zero-order valence-electron chi connectivity index (χ0n) is 18.3. The summed E-state index contributed by atoms with van der Waals surface area (Å²) in [6.07, 6.45) is 0. The van der Waals surface area contributed by atoms with Gasteiger partial charge in [-0.3, -0.25) is 0 Å². The first kappa shape index (κ1) is 22.1. The van der Waals surface area contributed by atoms with Crippen LogP contribution in [0.4, 0.5) is 0 Å². The second kappa shape index (κ2) is 7.98. The van der Waals surface area contributed by atoms with Gasteiger partial charge < -0.3 is 0 Å². The van der Waals surface area contributed by atoms with Crippen LogP contribution in [-0.2, 0) is 0 Å². The summed E-state index contributed by atoms with van der Waals surface area (Å²) in [6, 6.07) is 18.3. The molecule has 0 saturated heterocycles. The fourth-order valence-electron chi connectivity index (χ4n) is 4.97. The van der Waals surface area contributed by atoms with Crippen LogP contribution in [0.5, 0.6) is 0 Å². The largest absolute Gasteiger partial charge is 0.125 e. The summed E-state index contributed by atoms with van der Waals surface area (Å²) in [5.41, 5.74) is 8.36. The fourth-order valence-corrected chi connectivity index (χ4v) is 4.97. The molecule has 1 aliphatic carbocycles. The molecule has 33 heavy (non-hydrogen) atoms. The predicted molar refractivity (Wildman–Crippen MR) is 148 cm³/mol. The molecule has 0 amide bonds. The van der Waals surface area contributed by atoms with Gasteiger partial charge in [-0.2, -0.15) is 0 Å². The van der Waals surface area contributed by atoms with Crippen LogP contribution in [0.15, 0.2) is 60.1 Å². The van der Waals surface area contributed by atoms with Crippen molar-refractivity contribution in [2.75, 3.05) is 0 Å². The Morgan fingerprint density at radius 1 is 0.606 bits per heavy atom. The molecule has 4 aromatic rings. The van der Waals surface area contributed by atoms with E-state index in [-0.39, 0.29) is 10.9 Å². The monoisotopic (exact) mass is 402 g/mol. The van der Waals surface area contributed by atoms with Gasteiger partial charge in [-0.1, -0.05) is 64.9 Å².